The minimum absolute atomic E-state index is 0.199. The summed E-state index contributed by atoms with van der Waals surface area (Å²) in [5.74, 6) is 0.636. The molecule has 2 aromatic rings. The summed E-state index contributed by atoms with van der Waals surface area (Å²) in [4.78, 5) is 4.23. The highest BCUT2D eigenvalue weighted by Crippen LogP contribution is 2.36. The van der Waals surface area contributed by atoms with Crippen LogP contribution in [0.4, 0.5) is 13.2 Å². The number of nitrogens with zero attached hydrogens (tertiary/aromatic N) is 2. The average Bonchev–Trinajstić information content (AvgIpc) is 3.15. The SMILES string of the molecule is NC1(c2noc(/C=C/c3ccc(Cl)c(C(F)(F)F)c3)n2)CCCC1. The molecule has 24 heavy (non-hydrogen) atoms. The molecule has 1 saturated carbocycles. The molecule has 0 aliphatic heterocycles. The summed E-state index contributed by atoms with van der Waals surface area (Å²) in [5, 5.41) is 3.55. The smallest absolute Gasteiger partial charge is 0.335 e. The predicted octanol–water partition coefficient (Wildman–Crippen LogP) is 4.64. The molecule has 1 aliphatic carbocycles. The molecule has 0 saturated heterocycles. The molecule has 1 heterocycles. The molecule has 0 bridgehead atoms. The average molecular weight is 358 g/mol. The van der Waals surface area contributed by atoms with Gasteiger partial charge in [-0.25, -0.2) is 0 Å². The van der Waals surface area contributed by atoms with Crippen molar-refractivity contribution in [1.82, 2.24) is 10.1 Å². The van der Waals surface area contributed by atoms with Crippen LogP contribution < -0.4 is 5.73 Å². The molecule has 1 aliphatic rings. The van der Waals surface area contributed by atoms with E-state index in [2.05, 4.69) is 10.1 Å². The van der Waals surface area contributed by atoms with E-state index >= 15 is 0 Å². The van der Waals surface area contributed by atoms with Gasteiger partial charge in [0.1, 0.15) is 0 Å². The Labute approximate surface area is 141 Å². The van der Waals surface area contributed by atoms with Crippen LogP contribution in [0.15, 0.2) is 22.7 Å². The Hall–Kier alpha value is -1.86. The maximum absolute atomic E-state index is 12.8. The van der Waals surface area contributed by atoms with Crippen molar-refractivity contribution in [3.63, 3.8) is 0 Å². The second-order valence-electron chi connectivity index (χ2n) is 5.89. The van der Waals surface area contributed by atoms with Gasteiger partial charge in [0.15, 0.2) is 5.82 Å². The first-order chi connectivity index (χ1) is 11.3. The second kappa shape index (κ2) is 6.22. The lowest BCUT2D eigenvalue weighted by atomic mass is 9.99. The Morgan fingerprint density at radius 3 is 2.58 bits per heavy atom. The number of alkyl halides is 3. The van der Waals surface area contributed by atoms with Gasteiger partial charge in [-0.1, -0.05) is 35.7 Å². The molecule has 128 valence electrons. The molecular weight excluding hydrogens is 343 g/mol. The van der Waals surface area contributed by atoms with Crippen LogP contribution in [0.5, 0.6) is 0 Å². The molecule has 2 N–H and O–H groups in total. The van der Waals surface area contributed by atoms with Crippen LogP contribution in [0.3, 0.4) is 0 Å². The maximum atomic E-state index is 12.8. The molecule has 4 nitrogen and oxygen atoms in total. The van der Waals surface area contributed by atoms with Crippen LogP contribution in [0.1, 0.15) is 48.5 Å². The van der Waals surface area contributed by atoms with Crippen molar-refractivity contribution >= 4 is 23.8 Å². The van der Waals surface area contributed by atoms with E-state index in [0.717, 1.165) is 31.7 Å². The van der Waals surface area contributed by atoms with Crippen molar-refractivity contribution in [2.45, 2.75) is 37.4 Å². The zero-order valence-electron chi connectivity index (χ0n) is 12.6. The van der Waals surface area contributed by atoms with Gasteiger partial charge >= 0.3 is 6.18 Å². The maximum Gasteiger partial charge on any atom is 0.417 e. The summed E-state index contributed by atoms with van der Waals surface area (Å²) in [7, 11) is 0. The molecule has 0 atom stereocenters. The topological polar surface area (TPSA) is 64.9 Å². The lowest BCUT2D eigenvalue weighted by Crippen LogP contribution is -2.34. The van der Waals surface area contributed by atoms with Crippen LogP contribution >= 0.6 is 11.6 Å². The number of hydrogen-bond acceptors (Lipinski definition) is 4. The number of nitrogens with two attached hydrogens (primary N) is 1. The van der Waals surface area contributed by atoms with Gasteiger partial charge in [-0.05, 0) is 36.6 Å². The highest BCUT2D eigenvalue weighted by molar-refractivity contribution is 6.31. The third-order valence-electron chi connectivity index (χ3n) is 4.10. The normalized spacial score (nSPS) is 17.7. The van der Waals surface area contributed by atoms with Gasteiger partial charge in [0.2, 0.25) is 0 Å². The summed E-state index contributed by atoms with van der Waals surface area (Å²) in [6.07, 6.45) is 2.03. The van der Waals surface area contributed by atoms with Crippen LogP contribution in [0, 0.1) is 0 Å². The standard InChI is InChI=1S/C16H15ClF3N3O/c17-12-5-3-10(9-11(12)16(18,19)20)4-6-13-22-14(23-24-13)15(21)7-1-2-8-15/h3-6,9H,1-2,7-8,21H2/b6-4+. The van der Waals surface area contributed by atoms with Gasteiger partial charge < -0.3 is 10.3 Å². The molecule has 3 rings (SSSR count). The van der Waals surface area contributed by atoms with E-state index < -0.39 is 17.3 Å². The minimum Gasteiger partial charge on any atom is -0.335 e. The van der Waals surface area contributed by atoms with Gasteiger partial charge in [0, 0.05) is 6.08 Å². The van der Waals surface area contributed by atoms with E-state index in [0.29, 0.717) is 11.4 Å². The molecule has 1 fully saturated rings. The third-order valence-corrected chi connectivity index (χ3v) is 4.43. The van der Waals surface area contributed by atoms with Gasteiger partial charge in [-0.2, -0.15) is 18.2 Å². The van der Waals surface area contributed by atoms with Gasteiger partial charge in [-0.3, -0.25) is 0 Å². The number of halogens is 4. The Bertz CT molecular complexity index is 764. The third kappa shape index (κ3) is 3.47. The predicted molar refractivity (Wildman–Crippen MR) is 84.0 cm³/mol. The quantitative estimate of drug-likeness (QED) is 0.869. The van der Waals surface area contributed by atoms with Crippen LogP contribution in [0.25, 0.3) is 12.2 Å². The molecule has 1 aromatic heterocycles. The summed E-state index contributed by atoms with van der Waals surface area (Å²) in [6.45, 7) is 0. The lowest BCUT2D eigenvalue weighted by molar-refractivity contribution is -0.137. The van der Waals surface area contributed by atoms with Crippen LogP contribution in [-0.2, 0) is 11.7 Å². The van der Waals surface area contributed by atoms with Gasteiger partial charge in [-0.15, -0.1) is 0 Å². The van der Waals surface area contributed by atoms with E-state index in [1.54, 1.807) is 0 Å². The fourth-order valence-corrected chi connectivity index (χ4v) is 2.99. The van der Waals surface area contributed by atoms with Crippen molar-refractivity contribution < 1.29 is 17.7 Å². The van der Waals surface area contributed by atoms with Gasteiger partial charge in [0.25, 0.3) is 5.89 Å². The highest BCUT2D eigenvalue weighted by atomic mass is 35.5. The number of rotatable bonds is 3. The Morgan fingerprint density at radius 1 is 1.21 bits per heavy atom. The fourth-order valence-electron chi connectivity index (χ4n) is 2.77. The van der Waals surface area contributed by atoms with E-state index in [-0.39, 0.29) is 10.9 Å². The van der Waals surface area contributed by atoms with Crippen molar-refractivity contribution in [1.29, 1.82) is 0 Å². The summed E-state index contributed by atoms with van der Waals surface area (Å²) in [6, 6.07) is 3.65. The van der Waals surface area contributed by atoms with Crippen molar-refractivity contribution in [3.8, 4) is 0 Å². The van der Waals surface area contributed by atoms with Crippen molar-refractivity contribution in [2.24, 2.45) is 5.73 Å². The first-order valence-corrected chi connectivity index (χ1v) is 7.84. The Balaban J connectivity index is 1.81. The van der Waals surface area contributed by atoms with E-state index in [1.807, 2.05) is 0 Å². The van der Waals surface area contributed by atoms with Crippen molar-refractivity contribution in [3.05, 3.63) is 46.1 Å². The Morgan fingerprint density at radius 2 is 1.92 bits per heavy atom. The molecule has 1 aromatic carbocycles. The second-order valence-corrected chi connectivity index (χ2v) is 6.30. The fraction of sp³-hybridized carbons (Fsp3) is 0.375. The minimum atomic E-state index is -4.51. The zero-order valence-corrected chi connectivity index (χ0v) is 13.4. The monoisotopic (exact) mass is 357 g/mol. The molecule has 0 amide bonds. The number of benzene rings is 1. The van der Waals surface area contributed by atoms with Crippen LogP contribution in [-0.4, -0.2) is 10.1 Å². The van der Waals surface area contributed by atoms with E-state index in [1.165, 1.54) is 24.3 Å². The zero-order chi connectivity index (χ0) is 17.4. The first kappa shape index (κ1) is 17.0. The summed E-state index contributed by atoms with van der Waals surface area (Å²) < 4.78 is 43.7. The lowest BCUT2D eigenvalue weighted by Gasteiger charge is -2.17. The molecule has 0 spiro atoms. The molecule has 8 heteroatoms. The van der Waals surface area contributed by atoms with Gasteiger partial charge in [0.05, 0.1) is 16.1 Å². The number of hydrogen-bond donors (Lipinski definition) is 1. The van der Waals surface area contributed by atoms with E-state index in [9.17, 15) is 13.2 Å². The highest BCUT2D eigenvalue weighted by Gasteiger charge is 2.36. The first-order valence-electron chi connectivity index (χ1n) is 7.46. The Kier molecular flexibility index (Phi) is 4.40. The number of aromatic nitrogens is 2. The van der Waals surface area contributed by atoms with Crippen molar-refractivity contribution in [2.75, 3.05) is 0 Å². The van der Waals surface area contributed by atoms with E-state index in [4.69, 9.17) is 21.9 Å². The summed E-state index contributed by atoms with van der Waals surface area (Å²) >= 11 is 5.59. The molecular formula is C16H15ClF3N3O. The largest absolute Gasteiger partial charge is 0.417 e. The molecule has 0 radical (unpaired) electrons. The van der Waals surface area contributed by atoms with Crippen LogP contribution in [0.2, 0.25) is 5.02 Å². The molecule has 0 unspecified atom stereocenters. The summed E-state index contributed by atoms with van der Waals surface area (Å²) in [5.41, 5.74) is 5.11.